The quantitative estimate of drug-likeness (QED) is 0.516. The fourth-order valence-corrected chi connectivity index (χ4v) is 5.51. The molecule has 0 atom stereocenters. The van der Waals surface area contributed by atoms with Crippen LogP contribution in [0.25, 0.3) is 0 Å². The second-order valence-electron chi connectivity index (χ2n) is 6.80. The lowest BCUT2D eigenvalue weighted by molar-refractivity contribution is 0.414. The molecule has 0 spiro atoms. The zero-order chi connectivity index (χ0) is 22.8. The number of hydrogen-bond acceptors (Lipinski definition) is 5. The molecule has 0 aromatic heterocycles. The number of aryl methyl sites for hydroxylation is 2. The third-order valence-corrected chi connectivity index (χ3v) is 7.61. The number of anilines is 2. The molecule has 0 saturated heterocycles. The van der Waals surface area contributed by atoms with Crippen LogP contribution >= 0.6 is 11.6 Å². The monoisotopic (exact) mass is 480 g/mol. The van der Waals surface area contributed by atoms with E-state index in [1.165, 1.54) is 49.6 Å². The van der Waals surface area contributed by atoms with Gasteiger partial charge in [0.1, 0.15) is 5.75 Å². The first-order valence-corrected chi connectivity index (χ1v) is 12.4. The summed E-state index contributed by atoms with van der Waals surface area (Å²) in [6, 6.07) is 15.0. The summed E-state index contributed by atoms with van der Waals surface area (Å²) >= 11 is 6.01. The molecule has 0 aliphatic rings. The highest BCUT2D eigenvalue weighted by Crippen LogP contribution is 2.28. The standard InChI is InChI=1S/C21H21ClN2O5S2/c1-14-5-4-6-15(2)21(14)24-30(25,26)17-9-7-16(8-10-17)23-31(27,28)18-11-12-20(29-3)19(22)13-18/h4-13,23-24H,1-3H3. The molecule has 3 rings (SSSR count). The average Bonchev–Trinajstić information content (AvgIpc) is 2.71. The summed E-state index contributed by atoms with van der Waals surface area (Å²) in [5.41, 5.74) is 2.32. The van der Waals surface area contributed by atoms with E-state index in [9.17, 15) is 16.8 Å². The van der Waals surface area contributed by atoms with Gasteiger partial charge >= 0.3 is 0 Å². The first kappa shape index (κ1) is 22.9. The van der Waals surface area contributed by atoms with Gasteiger partial charge in [-0.05, 0) is 67.4 Å². The number of ether oxygens (including phenoxy) is 1. The van der Waals surface area contributed by atoms with Gasteiger partial charge in [0.15, 0.2) is 0 Å². The number of halogens is 1. The first-order chi connectivity index (χ1) is 14.5. The van der Waals surface area contributed by atoms with Crippen molar-refractivity contribution in [2.45, 2.75) is 23.6 Å². The molecule has 10 heteroatoms. The summed E-state index contributed by atoms with van der Waals surface area (Å²) in [7, 11) is -6.34. The van der Waals surface area contributed by atoms with Gasteiger partial charge in [-0.2, -0.15) is 0 Å². The van der Waals surface area contributed by atoms with Crippen LogP contribution in [0.4, 0.5) is 11.4 Å². The Morgan fingerprint density at radius 1 is 0.774 bits per heavy atom. The molecule has 0 aliphatic carbocycles. The van der Waals surface area contributed by atoms with E-state index >= 15 is 0 Å². The molecule has 0 amide bonds. The lowest BCUT2D eigenvalue weighted by Crippen LogP contribution is -2.15. The van der Waals surface area contributed by atoms with Crippen LogP contribution in [0.3, 0.4) is 0 Å². The summed E-state index contributed by atoms with van der Waals surface area (Å²) in [5.74, 6) is 0.353. The Morgan fingerprint density at radius 2 is 1.32 bits per heavy atom. The summed E-state index contributed by atoms with van der Waals surface area (Å²) < 4.78 is 60.7. The number of nitrogens with one attached hydrogen (secondary N) is 2. The Labute approximate surface area is 187 Å². The Kier molecular flexibility index (Phi) is 6.49. The summed E-state index contributed by atoms with van der Waals surface area (Å²) in [4.78, 5) is -0.0442. The molecule has 0 saturated carbocycles. The van der Waals surface area contributed by atoms with Crippen LogP contribution in [0.2, 0.25) is 5.02 Å². The van der Waals surface area contributed by atoms with Crippen molar-refractivity contribution in [3.63, 3.8) is 0 Å². The van der Waals surface area contributed by atoms with Crippen molar-refractivity contribution in [2.24, 2.45) is 0 Å². The van der Waals surface area contributed by atoms with Crippen LogP contribution in [0.5, 0.6) is 5.75 Å². The normalized spacial score (nSPS) is 11.7. The molecule has 0 fully saturated rings. The van der Waals surface area contributed by atoms with E-state index in [-0.39, 0.29) is 20.5 Å². The lowest BCUT2D eigenvalue weighted by Gasteiger charge is -2.14. The van der Waals surface area contributed by atoms with Gasteiger partial charge in [-0.3, -0.25) is 9.44 Å². The van der Waals surface area contributed by atoms with Crippen LogP contribution in [0, 0.1) is 13.8 Å². The number of rotatable bonds is 7. The number of methoxy groups -OCH3 is 1. The molecule has 3 aromatic rings. The highest BCUT2D eigenvalue weighted by atomic mass is 35.5. The van der Waals surface area contributed by atoms with E-state index in [1.54, 1.807) is 0 Å². The predicted molar refractivity (Wildman–Crippen MR) is 122 cm³/mol. The third-order valence-electron chi connectivity index (χ3n) is 4.57. The molecular formula is C21H21ClN2O5S2. The van der Waals surface area contributed by atoms with Gasteiger partial charge in [-0.1, -0.05) is 29.8 Å². The van der Waals surface area contributed by atoms with Gasteiger partial charge in [0.25, 0.3) is 20.0 Å². The molecule has 7 nitrogen and oxygen atoms in total. The molecule has 164 valence electrons. The molecule has 0 heterocycles. The van der Waals surface area contributed by atoms with Crippen LogP contribution in [-0.2, 0) is 20.0 Å². The smallest absolute Gasteiger partial charge is 0.261 e. The van der Waals surface area contributed by atoms with E-state index in [0.717, 1.165) is 11.1 Å². The second-order valence-corrected chi connectivity index (χ2v) is 10.6. The zero-order valence-electron chi connectivity index (χ0n) is 17.0. The lowest BCUT2D eigenvalue weighted by atomic mass is 10.1. The predicted octanol–water partition coefficient (Wildman–Crippen LogP) is 4.57. The molecular weight excluding hydrogens is 460 g/mol. The van der Waals surface area contributed by atoms with Crippen molar-refractivity contribution in [1.82, 2.24) is 0 Å². The SMILES string of the molecule is COc1ccc(S(=O)(=O)Nc2ccc(S(=O)(=O)Nc3c(C)cccc3C)cc2)cc1Cl. The van der Waals surface area contributed by atoms with Crippen molar-refractivity contribution in [2.75, 3.05) is 16.6 Å². The molecule has 0 aliphatic heterocycles. The Bertz CT molecular complexity index is 1300. The van der Waals surface area contributed by atoms with Gasteiger partial charge in [0, 0.05) is 5.69 Å². The van der Waals surface area contributed by atoms with Gasteiger partial charge in [0.2, 0.25) is 0 Å². The molecule has 0 bridgehead atoms. The number of hydrogen-bond donors (Lipinski definition) is 2. The van der Waals surface area contributed by atoms with Gasteiger partial charge in [-0.15, -0.1) is 0 Å². The van der Waals surface area contributed by atoms with E-state index < -0.39 is 20.0 Å². The van der Waals surface area contributed by atoms with E-state index in [0.29, 0.717) is 11.4 Å². The molecule has 2 N–H and O–H groups in total. The van der Waals surface area contributed by atoms with Crippen LogP contribution in [-0.4, -0.2) is 23.9 Å². The largest absolute Gasteiger partial charge is 0.495 e. The van der Waals surface area contributed by atoms with Gasteiger partial charge in [-0.25, -0.2) is 16.8 Å². The van der Waals surface area contributed by atoms with Crippen LogP contribution < -0.4 is 14.2 Å². The van der Waals surface area contributed by atoms with Crippen molar-refractivity contribution in [3.8, 4) is 5.75 Å². The van der Waals surface area contributed by atoms with Crippen molar-refractivity contribution < 1.29 is 21.6 Å². The van der Waals surface area contributed by atoms with Crippen LogP contribution in [0.1, 0.15) is 11.1 Å². The Hall–Kier alpha value is -2.75. The zero-order valence-corrected chi connectivity index (χ0v) is 19.4. The third kappa shape index (κ3) is 5.12. The Balaban J connectivity index is 1.82. The molecule has 31 heavy (non-hydrogen) atoms. The number of para-hydroxylation sites is 1. The van der Waals surface area contributed by atoms with E-state index in [4.69, 9.17) is 16.3 Å². The highest BCUT2D eigenvalue weighted by molar-refractivity contribution is 7.93. The molecule has 3 aromatic carbocycles. The molecule has 0 unspecified atom stereocenters. The van der Waals surface area contributed by atoms with E-state index in [2.05, 4.69) is 9.44 Å². The molecule has 0 radical (unpaired) electrons. The van der Waals surface area contributed by atoms with E-state index in [1.807, 2.05) is 32.0 Å². The Morgan fingerprint density at radius 3 is 1.87 bits per heavy atom. The second kappa shape index (κ2) is 8.78. The van der Waals surface area contributed by atoms with Crippen molar-refractivity contribution in [3.05, 3.63) is 76.8 Å². The minimum Gasteiger partial charge on any atom is -0.495 e. The maximum Gasteiger partial charge on any atom is 0.261 e. The first-order valence-electron chi connectivity index (χ1n) is 9.09. The highest BCUT2D eigenvalue weighted by Gasteiger charge is 2.19. The van der Waals surface area contributed by atoms with Gasteiger partial charge in [0.05, 0.1) is 27.6 Å². The number of sulfonamides is 2. The maximum absolute atomic E-state index is 12.7. The van der Waals surface area contributed by atoms with Gasteiger partial charge < -0.3 is 4.74 Å². The minimum absolute atomic E-state index is 0.00518. The maximum atomic E-state index is 12.7. The summed E-state index contributed by atoms with van der Waals surface area (Å²) in [6.45, 7) is 3.63. The van der Waals surface area contributed by atoms with Crippen molar-refractivity contribution >= 4 is 43.0 Å². The average molecular weight is 481 g/mol. The topological polar surface area (TPSA) is 102 Å². The minimum atomic E-state index is -3.92. The van der Waals surface area contributed by atoms with Crippen LogP contribution in [0.15, 0.2) is 70.5 Å². The fourth-order valence-electron chi connectivity index (χ4n) is 2.90. The number of benzene rings is 3. The van der Waals surface area contributed by atoms with Crippen molar-refractivity contribution in [1.29, 1.82) is 0 Å². The summed E-state index contributed by atoms with van der Waals surface area (Å²) in [6.07, 6.45) is 0. The fraction of sp³-hybridized carbons (Fsp3) is 0.143. The summed E-state index contributed by atoms with van der Waals surface area (Å²) in [5, 5.41) is 0.157.